The van der Waals surface area contributed by atoms with Crippen molar-refractivity contribution in [1.82, 2.24) is 9.78 Å². The van der Waals surface area contributed by atoms with Crippen molar-refractivity contribution in [3.05, 3.63) is 57.8 Å². The summed E-state index contributed by atoms with van der Waals surface area (Å²) in [5.74, 6) is -2.43. The van der Waals surface area contributed by atoms with Gasteiger partial charge in [-0.3, -0.25) is 9.48 Å². The predicted molar refractivity (Wildman–Crippen MR) is 145 cm³/mol. The van der Waals surface area contributed by atoms with Gasteiger partial charge in [-0.25, -0.2) is 13.6 Å². The second kappa shape index (κ2) is 12.5. The summed E-state index contributed by atoms with van der Waals surface area (Å²) in [7, 11) is 1.40. The van der Waals surface area contributed by atoms with Crippen LogP contribution in [0.2, 0.25) is 10.0 Å². The van der Waals surface area contributed by atoms with Crippen molar-refractivity contribution in [1.29, 1.82) is 0 Å². The van der Waals surface area contributed by atoms with Crippen LogP contribution in [-0.4, -0.2) is 79.0 Å². The number of carboxylic acids is 1. The highest BCUT2D eigenvalue weighted by Crippen LogP contribution is 2.45. The van der Waals surface area contributed by atoms with Crippen LogP contribution in [-0.2, 0) is 16.6 Å². The Kier molecular flexibility index (Phi) is 9.43. The van der Waals surface area contributed by atoms with E-state index < -0.39 is 54.7 Å². The minimum absolute atomic E-state index is 0.0306. The molecule has 1 aromatic heterocycles. The topological polar surface area (TPSA) is 163 Å². The number of aromatic nitrogens is 2. The summed E-state index contributed by atoms with van der Waals surface area (Å²) >= 11 is 13.5. The minimum atomic E-state index is -3.01. The van der Waals surface area contributed by atoms with Crippen molar-refractivity contribution in [3.8, 4) is 16.9 Å². The first-order valence-electron chi connectivity index (χ1n) is 11.7. The van der Waals surface area contributed by atoms with Gasteiger partial charge in [-0.1, -0.05) is 29.3 Å². The van der Waals surface area contributed by atoms with Gasteiger partial charge < -0.3 is 35.2 Å². The number of aliphatic hydroxyl groups excluding tert-OH is 3. The molecule has 1 aliphatic heterocycles. The second-order valence-electron chi connectivity index (χ2n) is 8.86. The molecule has 0 saturated carbocycles. The number of halogens is 4. The Morgan fingerprint density at radius 2 is 1.83 bits per heavy atom. The van der Waals surface area contributed by atoms with Gasteiger partial charge in [-0.05, 0) is 36.1 Å². The average molecular weight is 634 g/mol. The van der Waals surface area contributed by atoms with E-state index in [1.165, 1.54) is 31.3 Å². The van der Waals surface area contributed by atoms with Gasteiger partial charge in [0, 0.05) is 18.8 Å². The summed E-state index contributed by atoms with van der Waals surface area (Å²) < 4.78 is 39.2. The van der Waals surface area contributed by atoms with E-state index in [1.807, 2.05) is 0 Å². The number of aliphatic carboxylic acids is 1. The third-order valence-corrected chi connectivity index (χ3v) is 7.70. The fourth-order valence-electron chi connectivity index (χ4n) is 4.21. The zero-order valence-electron chi connectivity index (χ0n) is 21.2. The number of carbonyl (C=O) groups is 2. The van der Waals surface area contributed by atoms with Gasteiger partial charge in [0.2, 0.25) is 6.29 Å². The van der Waals surface area contributed by atoms with Crippen LogP contribution in [0.3, 0.4) is 0 Å². The SMILES string of the molecule is CSc1c(O[C@@H]2O[C@H](C(=O)O)[C@@H](O)[C@H](O)[C@H]2O)ccc(NC(=O)c2cn(C)nc2C(F)F)c1-c1ccc(Cl)c(Cl)c1. The number of benzene rings is 2. The minimum Gasteiger partial charge on any atom is -0.479 e. The molecule has 0 unspecified atom stereocenters. The van der Waals surface area contributed by atoms with Crippen LogP contribution in [0.1, 0.15) is 22.5 Å². The van der Waals surface area contributed by atoms with E-state index in [9.17, 15) is 38.8 Å². The molecule has 2 heterocycles. The zero-order valence-corrected chi connectivity index (χ0v) is 23.5. The summed E-state index contributed by atoms with van der Waals surface area (Å²) in [6.07, 6.45) is -9.46. The van der Waals surface area contributed by atoms with Gasteiger partial charge in [0.1, 0.15) is 29.8 Å². The molecule has 16 heteroatoms. The van der Waals surface area contributed by atoms with Gasteiger partial charge in [-0.2, -0.15) is 5.10 Å². The predicted octanol–water partition coefficient (Wildman–Crippen LogP) is 3.58. The van der Waals surface area contributed by atoms with Crippen molar-refractivity contribution in [2.45, 2.75) is 42.0 Å². The van der Waals surface area contributed by atoms with Crippen LogP contribution in [0, 0.1) is 0 Å². The number of carboxylic acid groups (broad SMARTS) is 1. The summed E-state index contributed by atoms with van der Waals surface area (Å²) in [5, 5.41) is 46.6. The Balaban J connectivity index is 1.80. The normalized spacial score (nSPS) is 22.5. The molecular formula is C25H23Cl2F2N3O8S. The van der Waals surface area contributed by atoms with Crippen molar-refractivity contribution in [2.75, 3.05) is 11.6 Å². The molecule has 2 aromatic carbocycles. The Hall–Kier alpha value is -2.98. The first kappa shape index (κ1) is 31.0. The van der Waals surface area contributed by atoms with E-state index >= 15 is 0 Å². The number of anilines is 1. The van der Waals surface area contributed by atoms with Crippen LogP contribution in [0.15, 0.2) is 41.4 Å². The first-order chi connectivity index (χ1) is 19.3. The standard InChI is InChI=1S/C25H23Cl2F2N3O8S/c1-32-8-10(16(31-32)22(28)29)23(36)30-13-5-6-14(21(41-2)15(13)9-3-4-11(26)12(27)7-9)39-25-19(35)17(33)18(34)20(40-25)24(37)38/h3-8,17-20,22,25,33-35H,1-2H3,(H,30,36)(H,37,38)/t17-,18-,19+,20-,25+/m0/s1. The van der Waals surface area contributed by atoms with Gasteiger partial charge in [0.25, 0.3) is 12.3 Å². The molecule has 11 nitrogen and oxygen atoms in total. The number of carbonyl (C=O) groups excluding carboxylic acids is 1. The number of alkyl halides is 2. The lowest BCUT2D eigenvalue weighted by Gasteiger charge is -2.38. The maximum Gasteiger partial charge on any atom is 0.335 e. The van der Waals surface area contributed by atoms with Crippen molar-refractivity contribution in [3.63, 3.8) is 0 Å². The largest absolute Gasteiger partial charge is 0.479 e. The Bertz CT molecular complexity index is 1480. The van der Waals surface area contributed by atoms with E-state index in [-0.39, 0.29) is 27.0 Å². The lowest BCUT2D eigenvalue weighted by Crippen LogP contribution is -2.61. The summed E-state index contributed by atoms with van der Waals surface area (Å²) in [5.41, 5.74) is -0.167. The number of aryl methyl sites for hydroxylation is 1. The molecule has 1 aliphatic rings. The van der Waals surface area contributed by atoms with Crippen molar-refractivity contribution < 1.29 is 48.3 Å². The van der Waals surface area contributed by atoms with Crippen molar-refractivity contribution in [2.24, 2.45) is 7.05 Å². The number of amides is 1. The molecule has 0 radical (unpaired) electrons. The Morgan fingerprint density at radius 3 is 2.44 bits per heavy atom. The number of ether oxygens (including phenoxy) is 2. The van der Waals surface area contributed by atoms with Crippen LogP contribution < -0.4 is 10.1 Å². The number of thioether (sulfide) groups is 1. The molecule has 5 N–H and O–H groups in total. The van der Waals surface area contributed by atoms with E-state index in [0.29, 0.717) is 16.0 Å². The molecule has 0 aliphatic carbocycles. The zero-order chi connectivity index (χ0) is 30.2. The quantitative estimate of drug-likeness (QED) is 0.232. The van der Waals surface area contributed by atoms with Gasteiger partial charge in [0.05, 0.1) is 26.2 Å². The molecule has 0 spiro atoms. The summed E-state index contributed by atoms with van der Waals surface area (Å²) in [4.78, 5) is 25.0. The van der Waals surface area contributed by atoms with E-state index in [4.69, 9.17) is 32.7 Å². The lowest BCUT2D eigenvalue weighted by molar-refractivity contribution is -0.271. The Labute approximate surface area is 245 Å². The molecule has 1 amide bonds. The average Bonchev–Trinajstić information content (AvgIpc) is 3.33. The molecule has 0 bridgehead atoms. The van der Waals surface area contributed by atoms with Gasteiger partial charge in [-0.15, -0.1) is 11.8 Å². The molecule has 3 aromatic rings. The number of hydrogen-bond donors (Lipinski definition) is 5. The van der Waals surface area contributed by atoms with E-state index in [1.54, 1.807) is 12.3 Å². The number of nitrogens with zero attached hydrogens (tertiary/aromatic N) is 2. The smallest absolute Gasteiger partial charge is 0.335 e. The first-order valence-corrected chi connectivity index (χ1v) is 13.7. The fraction of sp³-hybridized carbons (Fsp3) is 0.320. The summed E-state index contributed by atoms with van der Waals surface area (Å²) in [6, 6.07) is 7.34. The maximum atomic E-state index is 13.5. The third-order valence-electron chi connectivity index (χ3n) is 6.15. The van der Waals surface area contributed by atoms with Gasteiger partial charge >= 0.3 is 5.97 Å². The molecular weight excluding hydrogens is 611 g/mol. The highest BCUT2D eigenvalue weighted by atomic mass is 35.5. The molecule has 5 atom stereocenters. The molecule has 41 heavy (non-hydrogen) atoms. The second-order valence-corrected chi connectivity index (χ2v) is 10.5. The van der Waals surface area contributed by atoms with E-state index in [2.05, 4.69) is 10.4 Å². The monoisotopic (exact) mass is 633 g/mol. The number of nitrogens with one attached hydrogen (secondary N) is 1. The highest BCUT2D eigenvalue weighted by Gasteiger charge is 2.48. The molecule has 220 valence electrons. The number of aliphatic hydroxyl groups is 3. The molecule has 4 rings (SSSR count). The lowest BCUT2D eigenvalue weighted by atomic mass is 9.99. The highest BCUT2D eigenvalue weighted by molar-refractivity contribution is 7.98. The van der Waals surface area contributed by atoms with Crippen LogP contribution in [0.4, 0.5) is 14.5 Å². The third kappa shape index (κ3) is 6.28. The fourth-order valence-corrected chi connectivity index (χ4v) is 5.25. The molecule has 1 fully saturated rings. The van der Waals surface area contributed by atoms with E-state index in [0.717, 1.165) is 22.6 Å². The Morgan fingerprint density at radius 1 is 1.12 bits per heavy atom. The van der Waals surface area contributed by atoms with Crippen LogP contribution in [0.5, 0.6) is 5.75 Å². The van der Waals surface area contributed by atoms with Crippen LogP contribution in [0.25, 0.3) is 11.1 Å². The maximum absolute atomic E-state index is 13.5. The molecule has 1 saturated heterocycles. The van der Waals surface area contributed by atoms with Crippen molar-refractivity contribution >= 4 is 52.5 Å². The number of rotatable bonds is 8. The number of hydrogen-bond acceptors (Lipinski definition) is 9. The van der Waals surface area contributed by atoms with Gasteiger partial charge in [0.15, 0.2) is 6.10 Å². The summed E-state index contributed by atoms with van der Waals surface area (Å²) in [6.45, 7) is 0. The van der Waals surface area contributed by atoms with Crippen LogP contribution >= 0.6 is 35.0 Å².